The Morgan fingerprint density at radius 1 is 1.19 bits per heavy atom. The van der Waals surface area contributed by atoms with Crippen LogP contribution in [0.5, 0.6) is 0 Å². The highest BCUT2D eigenvalue weighted by Gasteiger charge is 2.14. The zero-order chi connectivity index (χ0) is 15.0. The van der Waals surface area contributed by atoms with Gasteiger partial charge in [0, 0.05) is 14.8 Å². The highest BCUT2D eigenvalue weighted by atomic mass is 127. The second-order valence-electron chi connectivity index (χ2n) is 4.28. The molecule has 0 amide bonds. The number of rotatable bonds is 2. The van der Waals surface area contributed by atoms with Crippen LogP contribution in [0, 0.1) is 9.39 Å². The molecule has 106 valence electrons. The first-order chi connectivity index (χ1) is 10.0. The molecule has 0 radical (unpaired) electrons. The average molecular weight is 460 g/mol. The van der Waals surface area contributed by atoms with E-state index in [0.29, 0.717) is 33.0 Å². The number of anilines is 1. The molecule has 1 aromatic heterocycles. The first kappa shape index (κ1) is 14.5. The lowest BCUT2D eigenvalue weighted by atomic mass is 10.2. The Kier molecular flexibility index (Phi) is 3.94. The van der Waals surface area contributed by atoms with Crippen LogP contribution < -0.4 is 5.73 Å². The Labute approximate surface area is 141 Å². The highest BCUT2D eigenvalue weighted by Crippen LogP contribution is 2.29. The summed E-state index contributed by atoms with van der Waals surface area (Å²) in [5.41, 5.74) is 7.82. The molecule has 1 heterocycles. The minimum atomic E-state index is -0.343. The highest BCUT2D eigenvalue weighted by molar-refractivity contribution is 14.1. The Morgan fingerprint density at radius 2 is 2.00 bits per heavy atom. The zero-order valence-corrected chi connectivity index (χ0v) is 14.2. The molecule has 4 nitrogen and oxygen atoms in total. The molecular formula is C14H8BrFIN3O. The second kappa shape index (κ2) is 5.72. The van der Waals surface area contributed by atoms with Crippen LogP contribution in [0.3, 0.4) is 0 Å². The lowest BCUT2D eigenvalue weighted by Crippen LogP contribution is -1.91. The van der Waals surface area contributed by atoms with E-state index in [1.54, 1.807) is 18.2 Å². The number of halogens is 3. The van der Waals surface area contributed by atoms with Crippen molar-refractivity contribution < 1.29 is 8.91 Å². The van der Waals surface area contributed by atoms with Crippen molar-refractivity contribution in [2.75, 3.05) is 5.73 Å². The quantitative estimate of drug-likeness (QED) is 0.453. The molecule has 0 unspecified atom stereocenters. The number of hydrogen-bond donors (Lipinski definition) is 1. The van der Waals surface area contributed by atoms with Gasteiger partial charge in [-0.05, 0) is 74.9 Å². The Bertz CT molecular complexity index is 822. The molecule has 0 atom stereocenters. The smallest absolute Gasteiger partial charge is 0.260 e. The minimum Gasteiger partial charge on any atom is -0.398 e. The largest absolute Gasteiger partial charge is 0.398 e. The Morgan fingerprint density at radius 3 is 2.76 bits per heavy atom. The molecule has 7 heteroatoms. The van der Waals surface area contributed by atoms with Crippen LogP contribution in [0.4, 0.5) is 10.1 Å². The minimum absolute atomic E-state index is 0.335. The van der Waals surface area contributed by atoms with E-state index in [1.807, 2.05) is 12.1 Å². The molecule has 0 saturated carbocycles. The molecule has 0 aliphatic rings. The molecule has 0 bridgehead atoms. The summed E-state index contributed by atoms with van der Waals surface area (Å²) in [6, 6.07) is 10.1. The number of hydrogen-bond acceptors (Lipinski definition) is 4. The van der Waals surface area contributed by atoms with Gasteiger partial charge in [0.2, 0.25) is 5.82 Å². The predicted octanol–water partition coefficient (Wildman–Crippen LogP) is 4.49. The fourth-order valence-electron chi connectivity index (χ4n) is 1.80. The summed E-state index contributed by atoms with van der Waals surface area (Å²) in [5.74, 6) is 0.370. The number of benzene rings is 2. The summed E-state index contributed by atoms with van der Waals surface area (Å²) in [6.07, 6.45) is 0. The van der Waals surface area contributed by atoms with Crippen molar-refractivity contribution in [2.45, 2.75) is 0 Å². The molecule has 0 aliphatic carbocycles. The van der Waals surface area contributed by atoms with E-state index in [-0.39, 0.29) is 5.82 Å². The monoisotopic (exact) mass is 459 g/mol. The van der Waals surface area contributed by atoms with E-state index < -0.39 is 0 Å². The third-order valence-electron chi connectivity index (χ3n) is 2.85. The molecule has 0 spiro atoms. The van der Waals surface area contributed by atoms with E-state index in [2.05, 4.69) is 48.7 Å². The van der Waals surface area contributed by atoms with E-state index in [9.17, 15) is 4.39 Å². The van der Waals surface area contributed by atoms with Crippen LogP contribution in [0.25, 0.3) is 22.8 Å². The van der Waals surface area contributed by atoms with E-state index in [4.69, 9.17) is 10.3 Å². The van der Waals surface area contributed by atoms with Crippen LogP contribution in [-0.4, -0.2) is 10.1 Å². The van der Waals surface area contributed by atoms with Gasteiger partial charge in [0.15, 0.2) is 0 Å². The number of nitrogens with two attached hydrogens (primary N) is 1. The van der Waals surface area contributed by atoms with Crippen LogP contribution in [0.15, 0.2) is 45.4 Å². The molecule has 21 heavy (non-hydrogen) atoms. The van der Waals surface area contributed by atoms with Crippen molar-refractivity contribution >= 4 is 44.2 Å². The van der Waals surface area contributed by atoms with Crippen molar-refractivity contribution in [2.24, 2.45) is 0 Å². The average Bonchev–Trinajstić information content (AvgIpc) is 2.94. The third kappa shape index (κ3) is 2.93. The maximum Gasteiger partial charge on any atom is 0.260 e. The van der Waals surface area contributed by atoms with Crippen molar-refractivity contribution in [3.05, 3.63) is 50.3 Å². The number of nitrogen functional groups attached to an aromatic ring is 1. The lowest BCUT2D eigenvalue weighted by molar-refractivity contribution is 0.432. The molecule has 0 fully saturated rings. The standard InChI is InChI=1S/C14H8BrFIN3O/c15-10-5-7(1-3-11(10)16)13-19-14(21-20-13)9-6-8(17)2-4-12(9)18/h1-6H,18H2. The summed E-state index contributed by atoms with van der Waals surface area (Å²) in [5, 5.41) is 3.92. The van der Waals surface area contributed by atoms with Gasteiger partial charge in [-0.3, -0.25) is 0 Å². The number of nitrogens with zero attached hydrogens (tertiary/aromatic N) is 2. The molecule has 2 N–H and O–H groups in total. The number of aromatic nitrogens is 2. The molecular weight excluding hydrogens is 452 g/mol. The topological polar surface area (TPSA) is 64.9 Å². The predicted molar refractivity (Wildman–Crippen MR) is 90.0 cm³/mol. The second-order valence-corrected chi connectivity index (χ2v) is 6.38. The van der Waals surface area contributed by atoms with Crippen molar-refractivity contribution in [1.29, 1.82) is 0 Å². The summed E-state index contributed by atoms with van der Waals surface area (Å²) in [7, 11) is 0. The lowest BCUT2D eigenvalue weighted by Gasteiger charge is -2.00. The van der Waals surface area contributed by atoms with Gasteiger partial charge in [-0.15, -0.1) is 0 Å². The van der Waals surface area contributed by atoms with E-state index in [1.165, 1.54) is 6.07 Å². The van der Waals surface area contributed by atoms with Gasteiger partial charge in [0.05, 0.1) is 10.0 Å². The van der Waals surface area contributed by atoms with Gasteiger partial charge in [0.1, 0.15) is 5.82 Å². The van der Waals surface area contributed by atoms with Crippen LogP contribution >= 0.6 is 38.5 Å². The van der Waals surface area contributed by atoms with Gasteiger partial charge in [0.25, 0.3) is 5.89 Å². The van der Waals surface area contributed by atoms with Gasteiger partial charge in [-0.2, -0.15) is 4.98 Å². The Balaban J connectivity index is 2.03. The molecule has 2 aromatic carbocycles. The van der Waals surface area contributed by atoms with Crippen LogP contribution in [-0.2, 0) is 0 Å². The van der Waals surface area contributed by atoms with Gasteiger partial charge >= 0.3 is 0 Å². The molecule has 3 rings (SSSR count). The van der Waals surface area contributed by atoms with Gasteiger partial charge in [-0.25, -0.2) is 4.39 Å². The van der Waals surface area contributed by atoms with Crippen molar-refractivity contribution in [3.8, 4) is 22.8 Å². The molecule has 3 aromatic rings. The first-order valence-corrected chi connectivity index (χ1v) is 7.76. The fourth-order valence-corrected chi connectivity index (χ4v) is 2.67. The van der Waals surface area contributed by atoms with Gasteiger partial charge in [-0.1, -0.05) is 5.16 Å². The van der Waals surface area contributed by atoms with Crippen LogP contribution in [0.1, 0.15) is 0 Å². The molecule has 0 saturated heterocycles. The maximum atomic E-state index is 13.3. The molecule has 0 aliphatic heterocycles. The summed E-state index contributed by atoms with van der Waals surface area (Å²) in [4.78, 5) is 4.32. The van der Waals surface area contributed by atoms with Crippen molar-refractivity contribution in [1.82, 2.24) is 10.1 Å². The SMILES string of the molecule is Nc1ccc(I)cc1-c1nc(-c2ccc(F)c(Br)c2)no1. The maximum absolute atomic E-state index is 13.3. The normalized spacial score (nSPS) is 10.8. The summed E-state index contributed by atoms with van der Waals surface area (Å²) in [6.45, 7) is 0. The zero-order valence-electron chi connectivity index (χ0n) is 10.5. The van der Waals surface area contributed by atoms with E-state index in [0.717, 1.165) is 3.57 Å². The van der Waals surface area contributed by atoms with Crippen LogP contribution in [0.2, 0.25) is 0 Å². The van der Waals surface area contributed by atoms with Gasteiger partial charge < -0.3 is 10.3 Å². The summed E-state index contributed by atoms with van der Waals surface area (Å²) >= 11 is 5.32. The summed E-state index contributed by atoms with van der Waals surface area (Å²) < 4.78 is 19.9. The van der Waals surface area contributed by atoms with E-state index >= 15 is 0 Å². The Hall–Kier alpha value is -1.48. The first-order valence-electron chi connectivity index (χ1n) is 5.89. The third-order valence-corrected chi connectivity index (χ3v) is 4.13. The van der Waals surface area contributed by atoms with Crippen molar-refractivity contribution in [3.63, 3.8) is 0 Å². The fraction of sp³-hybridized carbons (Fsp3) is 0.